The molecule has 0 aliphatic carbocycles. The fraction of sp³-hybridized carbons (Fsp3) is 0.294. The third-order valence-electron chi connectivity index (χ3n) is 3.57. The molecule has 112 valence electrons. The Hall–Kier alpha value is -1.78. The number of hydrogen-bond donors (Lipinski definition) is 2. The second-order valence-electron chi connectivity index (χ2n) is 4.93. The van der Waals surface area contributed by atoms with Crippen LogP contribution in [0.15, 0.2) is 42.5 Å². The Bertz CT molecular complexity index is 601. The van der Waals surface area contributed by atoms with Crippen LogP contribution in [0.5, 0.6) is 0 Å². The van der Waals surface area contributed by atoms with Crippen molar-refractivity contribution < 1.29 is 13.9 Å². The molecule has 0 aromatic heterocycles. The van der Waals surface area contributed by atoms with Crippen LogP contribution in [0.4, 0.5) is 8.78 Å². The Balaban J connectivity index is 2.12. The topological polar surface area (TPSA) is 32.3 Å². The maximum atomic E-state index is 13.8. The number of rotatable bonds is 6. The number of aliphatic hydroxyl groups is 1. The zero-order valence-corrected chi connectivity index (χ0v) is 11.9. The van der Waals surface area contributed by atoms with Crippen LogP contribution in [-0.4, -0.2) is 5.11 Å². The Labute approximate surface area is 123 Å². The summed E-state index contributed by atoms with van der Waals surface area (Å²) in [5, 5.41) is 12.6. The maximum absolute atomic E-state index is 13.8. The molecular weight excluding hydrogens is 272 g/mol. The zero-order chi connectivity index (χ0) is 15.2. The van der Waals surface area contributed by atoms with Gasteiger partial charge in [0.25, 0.3) is 0 Å². The predicted octanol–water partition coefficient (Wildman–Crippen LogP) is 3.70. The molecule has 0 radical (unpaired) electrons. The fourth-order valence-corrected chi connectivity index (χ4v) is 2.38. The highest BCUT2D eigenvalue weighted by atomic mass is 19.1. The summed E-state index contributed by atoms with van der Waals surface area (Å²) in [7, 11) is 0. The van der Waals surface area contributed by atoms with Gasteiger partial charge in [-0.2, -0.15) is 0 Å². The van der Waals surface area contributed by atoms with Crippen LogP contribution in [0.2, 0.25) is 0 Å². The number of nitrogens with one attached hydrogen (secondary N) is 1. The molecule has 4 heteroatoms. The summed E-state index contributed by atoms with van der Waals surface area (Å²) in [4.78, 5) is 0. The van der Waals surface area contributed by atoms with Crippen molar-refractivity contribution in [3.63, 3.8) is 0 Å². The molecule has 0 saturated heterocycles. The van der Waals surface area contributed by atoms with E-state index in [1.54, 1.807) is 0 Å². The molecule has 0 amide bonds. The summed E-state index contributed by atoms with van der Waals surface area (Å²) in [6, 6.07) is 11.0. The van der Waals surface area contributed by atoms with Gasteiger partial charge in [0, 0.05) is 24.2 Å². The Morgan fingerprint density at radius 3 is 2.43 bits per heavy atom. The zero-order valence-electron chi connectivity index (χ0n) is 11.9. The first kappa shape index (κ1) is 15.6. The monoisotopic (exact) mass is 291 g/mol. The molecule has 2 aromatic rings. The highest BCUT2D eigenvalue weighted by Gasteiger charge is 2.14. The number of hydrogen-bond acceptors (Lipinski definition) is 2. The quantitative estimate of drug-likeness (QED) is 0.850. The normalized spacial score (nSPS) is 12.4. The third-order valence-corrected chi connectivity index (χ3v) is 3.57. The molecule has 0 bridgehead atoms. The average molecular weight is 291 g/mol. The Kier molecular flexibility index (Phi) is 5.42. The van der Waals surface area contributed by atoms with Crippen LogP contribution >= 0.6 is 0 Å². The van der Waals surface area contributed by atoms with E-state index >= 15 is 0 Å². The summed E-state index contributed by atoms with van der Waals surface area (Å²) >= 11 is 0. The van der Waals surface area contributed by atoms with E-state index in [0.29, 0.717) is 18.5 Å². The highest BCUT2D eigenvalue weighted by Crippen LogP contribution is 2.22. The fourth-order valence-electron chi connectivity index (χ4n) is 2.38. The van der Waals surface area contributed by atoms with Gasteiger partial charge in [-0.3, -0.25) is 0 Å². The van der Waals surface area contributed by atoms with E-state index in [9.17, 15) is 13.9 Å². The standard InChI is InChI=1S/C17H19F2NO/c1-2-17(15-8-7-14(18)9-16(15)19)20-10-12-5-3-4-6-13(12)11-21/h3-9,17,20-21H,2,10-11H2,1H3. The van der Waals surface area contributed by atoms with E-state index in [-0.39, 0.29) is 12.6 Å². The van der Waals surface area contributed by atoms with Gasteiger partial charge in [-0.05, 0) is 23.6 Å². The summed E-state index contributed by atoms with van der Waals surface area (Å²) in [6.45, 7) is 2.43. The van der Waals surface area contributed by atoms with Gasteiger partial charge in [-0.15, -0.1) is 0 Å². The van der Waals surface area contributed by atoms with Gasteiger partial charge in [0.2, 0.25) is 0 Å². The van der Waals surface area contributed by atoms with Crippen LogP contribution in [0.25, 0.3) is 0 Å². The molecule has 0 fully saturated rings. The molecular formula is C17H19F2NO. The number of benzene rings is 2. The van der Waals surface area contributed by atoms with Crippen molar-refractivity contribution in [1.29, 1.82) is 0 Å². The minimum Gasteiger partial charge on any atom is -0.392 e. The Morgan fingerprint density at radius 2 is 1.81 bits per heavy atom. The lowest BCUT2D eigenvalue weighted by atomic mass is 10.0. The summed E-state index contributed by atoms with van der Waals surface area (Å²) < 4.78 is 26.8. The number of aliphatic hydroxyl groups excluding tert-OH is 1. The van der Waals surface area contributed by atoms with Crippen molar-refractivity contribution in [2.24, 2.45) is 0 Å². The molecule has 0 saturated carbocycles. The Morgan fingerprint density at radius 1 is 1.10 bits per heavy atom. The van der Waals surface area contributed by atoms with Crippen LogP contribution in [-0.2, 0) is 13.2 Å². The average Bonchev–Trinajstić information content (AvgIpc) is 2.50. The lowest BCUT2D eigenvalue weighted by molar-refractivity contribution is 0.280. The van der Waals surface area contributed by atoms with E-state index in [4.69, 9.17) is 0 Å². The van der Waals surface area contributed by atoms with Gasteiger partial charge in [0.05, 0.1) is 6.61 Å². The summed E-state index contributed by atoms with van der Waals surface area (Å²) in [5.41, 5.74) is 2.28. The van der Waals surface area contributed by atoms with E-state index < -0.39 is 11.6 Å². The summed E-state index contributed by atoms with van der Waals surface area (Å²) in [5.74, 6) is -1.11. The van der Waals surface area contributed by atoms with E-state index in [1.807, 2.05) is 31.2 Å². The van der Waals surface area contributed by atoms with Crippen LogP contribution in [0.3, 0.4) is 0 Å². The second-order valence-corrected chi connectivity index (χ2v) is 4.93. The molecule has 0 aliphatic rings. The van der Waals surface area contributed by atoms with Gasteiger partial charge in [-0.1, -0.05) is 37.3 Å². The van der Waals surface area contributed by atoms with Crippen molar-refractivity contribution in [3.8, 4) is 0 Å². The molecule has 1 unspecified atom stereocenters. The van der Waals surface area contributed by atoms with Gasteiger partial charge in [-0.25, -0.2) is 8.78 Å². The van der Waals surface area contributed by atoms with Crippen molar-refractivity contribution in [2.45, 2.75) is 32.5 Å². The first-order valence-corrected chi connectivity index (χ1v) is 7.01. The van der Waals surface area contributed by atoms with E-state index in [0.717, 1.165) is 17.2 Å². The predicted molar refractivity (Wildman–Crippen MR) is 78.6 cm³/mol. The largest absolute Gasteiger partial charge is 0.392 e. The van der Waals surface area contributed by atoms with Gasteiger partial charge in [0.15, 0.2) is 0 Å². The minimum absolute atomic E-state index is 0.0282. The van der Waals surface area contributed by atoms with Gasteiger partial charge < -0.3 is 10.4 Å². The smallest absolute Gasteiger partial charge is 0.130 e. The SMILES string of the molecule is CCC(NCc1ccccc1CO)c1ccc(F)cc1F. The molecule has 1 atom stereocenters. The van der Waals surface area contributed by atoms with Crippen molar-refractivity contribution in [2.75, 3.05) is 0 Å². The molecule has 2 rings (SSSR count). The van der Waals surface area contributed by atoms with E-state index in [2.05, 4.69) is 5.32 Å². The van der Waals surface area contributed by atoms with Crippen LogP contribution < -0.4 is 5.32 Å². The maximum Gasteiger partial charge on any atom is 0.130 e. The van der Waals surface area contributed by atoms with Crippen molar-refractivity contribution in [1.82, 2.24) is 5.32 Å². The number of halogens is 2. The van der Waals surface area contributed by atoms with Crippen LogP contribution in [0.1, 0.15) is 36.1 Å². The van der Waals surface area contributed by atoms with Crippen molar-refractivity contribution in [3.05, 3.63) is 70.8 Å². The minimum atomic E-state index is -0.572. The molecule has 2 nitrogen and oxygen atoms in total. The van der Waals surface area contributed by atoms with Gasteiger partial charge in [0.1, 0.15) is 11.6 Å². The summed E-state index contributed by atoms with van der Waals surface area (Å²) in [6.07, 6.45) is 0.684. The van der Waals surface area contributed by atoms with E-state index in [1.165, 1.54) is 12.1 Å². The third kappa shape index (κ3) is 3.86. The highest BCUT2D eigenvalue weighted by molar-refractivity contribution is 5.27. The second kappa shape index (κ2) is 7.29. The molecule has 2 N–H and O–H groups in total. The molecule has 0 spiro atoms. The molecule has 0 aliphatic heterocycles. The molecule has 21 heavy (non-hydrogen) atoms. The van der Waals surface area contributed by atoms with Gasteiger partial charge >= 0.3 is 0 Å². The lowest BCUT2D eigenvalue weighted by Gasteiger charge is -2.19. The molecule has 2 aromatic carbocycles. The first-order chi connectivity index (χ1) is 10.2. The lowest BCUT2D eigenvalue weighted by Crippen LogP contribution is -2.22. The molecule has 0 heterocycles. The van der Waals surface area contributed by atoms with Crippen LogP contribution in [0, 0.1) is 11.6 Å². The van der Waals surface area contributed by atoms with Crippen molar-refractivity contribution >= 4 is 0 Å². The first-order valence-electron chi connectivity index (χ1n) is 7.01.